The lowest BCUT2D eigenvalue weighted by molar-refractivity contribution is 0.458. The fourth-order valence-corrected chi connectivity index (χ4v) is 2.47. The SMILES string of the molecule is Cc1cncc(Oc2cccc(C=NNc3nc(C)cs3)c2)n1. The van der Waals surface area contributed by atoms with E-state index in [1.807, 2.05) is 43.5 Å². The van der Waals surface area contributed by atoms with Crippen LogP contribution in [-0.2, 0) is 0 Å². The Balaban J connectivity index is 1.67. The molecule has 0 amide bonds. The number of thiazole rings is 1. The van der Waals surface area contributed by atoms with Crippen molar-refractivity contribution in [1.82, 2.24) is 15.0 Å². The second-order valence-electron chi connectivity index (χ2n) is 4.84. The van der Waals surface area contributed by atoms with Gasteiger partial charge in [-0.15, -0.1) is 11.3 Å². The predicted octanol–water partition coefficient (Wildman–Crippen LogP) is 3.79. The fraction of sp³-hybridized carbons (Fsp3) is 0.125. The van der Waals surface area contributed by atoms with Crippen molar-refractivity contribution >= 4 is 22.7 Å². The molecule has 0 aliphatic rings. The van der Waals surface area contributed by atoms with Crippen molar-refractivity contribution in [2.24, 2.45) is 5.10 Å². The van der Waals surface area contributed by atoms with Crippen LogP contribution in [0.3, 0.4) is 0 Å². The molecule has 0 saturated carbocycles. The molecule has 1 N–H and O–H groups in total. The van der Waals surface area contributed by atoms with Gasteiger partial charge in [0.25, 0.3) is 0 Å². The quantitative estimate of drug-likeness (QED) is 0.571. The van der Waals surface area contributed by atoms with Gasteiger partial charge in [0.05, 0.1) is 23.8 Å². The Hall–Kier alpha value is -2.80. The van der Waals surface area contributed by atoms with Gasteiger partial charge in [0.1, 0.15) is 5.75 Å². The zero-order chi connectivity index (χ0) is 16.1. The lowest BCUT2D eigenvalue weighted by atomic mass is 10.2. The molecule has 116 valence electrons. The summed E-state index contributed by atoms with van der Waals surface area (Å²) in [6, 6.07) is 7.57. The van der Waals surface area contributed by atoms with Crippen molar-refractivity contribution in [3.63, 3.8) is 0 Å². The summed E-state index contributed by atoms with van der Waals surface area (Å²) in [5, 5.41) is 6.91. The highest BCUT2D eigenvalue weighted by Crippen LogP contribution is 2.19. The van der Waals surface area contributed by atoms with Gasteiger partial charge >= 0.3 is 0 Å². The van der Waals surface area contributed by atoms with Crippen LogP contribution in [0.25, 0.3) is 0 Å². The molecular weight excluding hydrogens is 310 g/mol. The lowest BCUT2D eigenvalue weighted by Crippen LogP contribution is -1.93. The first-order valence-electron chi connectivity index (χ1n) is 6.97. The summed E-state index contributed by atoms with van der Waals surface area (Å²) in [5.74, 6) is 1.15. The summed E-state index contributed by atoms with van der Waals surface area (Å²) in [7, 11) is 0. The number of anilines is 1. The minimum absolute atomic E-state index is 0.468. The number of aromatic nitrogens is 3. The predicted molar refractivity (Wildman–Crippen MR) is 91.4 cm³/mol. The van der Waals surface area contributed by atoms with E-state index < -0.39 is 0 Å². The molecule has 3 aromatic rings. The number of rotatable bonds is 5. The smallest absolute Gasteiger partial charge is 0.238 e. The van der Waals surface area contributed by atoms with E-state index in [0.717, 1.165) is 22.1 Å². The molecule has 6 nitrogen and oxygen atoms in total. The summed E-state index contributed by atoms with van der Waals surface area (Å²) in [5.41, 5.74) is 5.59. The molecule has 0 unspecified atom stereocenters. The lowest BCUT2D eigenvalue weighted by Gasteiger charge is -2.05. The maximum absolute atomic E-state index is 5.70. The third-order valence-electron chi connectivity index (χ3n) is 2.81. The molecule has 0 bridgehead atoms. The van der Waals surface area contributed by atoms with E-state index in [9.17, 15) is 0 Å². The summed E-state index contributed by atoms with van der Waals surface area (Å²) in [6.45, 7) is 3.81. The van der Waals surface area contributed by atoms with Crippen LogP contribution in [0.15, 0.2) is 47.1 Å². The van der Waals surface area contributed by atoms with Gasteiger partial charge in [-0.1, -0.05) is 12.1 Å². The zero-order valence-corrected chi connectivity index (χ0v) is 13.5. The monoisotopic (exact) mass is 325 g/mol. The maximum Gasteiger partial charge on any atom is 0.238 e. The third-order valence-corrected chi connectivity index (χ3v) is 3.67. The van der Waals surface area contributed by atoms with Crippen LogP contribution in [0.1, 0.15) is 17.0 Å². The molecule has 3 rings (SSSR count). The van der Waals surface area contributed by atoms with Gasteiger partial charge in [-0.05, 0) is 31.5 Å². The fourth-order valence-electron chi connectivity index (χ4n) is 1.84. The molecule has 0 aliphatic heterocycles. The van der Waals surface area contributed by atoms with Gasteiger partial charge in [-0.25, -0.2) is 9.97 Å². The number of aryl methyl sites for hydroxylation is 2. The first-order valence-corrected chi connectivity index (χ1v) is 7.85. The first kappa shape index (κ1) is 15.1. The standard InChI is InChI=1S/C16H15N5OS/c1-11-7-17-9-15(19-11)22-14-5-3-4-13(6-14)8-18-21-16-20-12(2)10-23-16/h3-10H,1-2H3,(H,20,21). The normalized spacial score (nSPS) is 10.9. The minimum Gasteiger partial charge on any atom is -0.437 e. The van der Waals surface area contributed by atoms with Gasteiger partial charge < -0.3 is 4.74 Å². The highest BCUT2D eigenvalue weighted by molar-refractivity contribution is 7.13. The highest BCUT2D eigenvalue weighted by atomic mass is 32.1. The van der Waals surface area contributed by atoms with Crippen LogP contribution in [0, 0.1) is 13.8 Å². The summed E-state index contributed by atoms with van der Waals surface area (Å²) < 4.78 is 5.70. The molecule has 0 radical (unpaired) electrons. The van der Waals surface area contributed by atoms with E-state index in [-0.39, 0.29) is 0 Å². The highest BCUT2D eigenvalue weighted by Gasteiger charge is 2.00. The van der Waals surface area contributed by atoms with Crippen molar-refractivity contribution in [2.75, 3.05) is 5.43 Å². The van der Waals surface area contributed by atoms with Gasteiger partial charge in [-0.3, -0.25) is 10.4 Å². The molecule has 0 saturated heterocycles. The number of nitrogens with one attached hydrogen (secondary N) is 1. The van der Waals surface area contributed by atoms with E-state index in [1.165, 1.54) is 11.3 Å². The molecule has 23 heavy (non-hydrogen) atoms. The zero-order valence-electron chi connectivity index (χ0n) is 12.7. The van der Waals surface area contributed by atoms with Crippen molar-refractivity contribution < 1.29 is 4.74 Å². The Labute approximate surface area is 137 Å². The average Bonchev–Trinajstić information content (AvgIpc) is 2.93. The van der Waals surface area contributed by atoms with Crippen LogP contribution in [0.4, 0.5) is 5.13 Å². The Morgan fingerprint density at radius 2 is 2.09 bits per heavy atom. The van der Waals surface area contributed by atoms with Gasteiger partial charge in [0.2, 0.25) is 11.0 Å². The summed E-state index contributed by atoms with van der Waals surface area (Å²) in [6.07, 6.45) is 4.98. The van der Waals surface area contributed by atoms with E-state index in [0.29, 0.717) is 11.6 Å². The number of nitrogens with zero attached hydrogens (tertiary/aromatic N) is 4. The van der Waals surface area contributed by atoms with Crippen molar-refractivity contribution in [1.29, 1.82) is 0 Å². The molecule has 0 fully saturated rings. The number of ether oxygens (including phenoxy) is 1. The van der Waals surface area contributed by atoms with E-state index in [2.05, 4.69) is 25.5 Å². The van der Waals surface area contributed by atoms with E-state index >= 15 is 0 Å². The van der Waals surface area contributed by atoms with Crippen molar-refractivity contribution in [2.45, 2.75) is 13.8 Å². The maximum atomic E-state index is 5.70. The Bertz CT molecular complexity index is 831. The average molecular weight is 325 g/mol. The Morgan fingerprint density at radius 3 is 2.87 bits per heavy atom. The largest absolute Gasteiger partial charge is 0.437 e. The number of hydrogen-bond acceptors (Lipinski definition) is 7. The molecule has 0 aliphatic carbocycles. The molecule has 0 atom stereocenters. The van der Waals surface area contributed by atoms with Crippen LogP contribution < -0.4 is 10.2 Å². The number of hydrazone groups is 1. The molecule has 0 spiro atoms. The first-order chi connectivity index (χ1) is 11.2. The van der Waals surface area contributed by atoms with Crippen LogP contribution in [0.2, 0.25) is 0 Å². The Kier molecular flexibility index (Phi) is 4.58. The minimum atomic E-state index is 0.468. The van der Waals surface area contributed by atoms with Crippen LogP contribution >= 0.6 is 11.3 Å². The topological polar surface area (TPSA) is 72.3 Å². The van der Waals surface area contributed by atoms with Crippen molar-refractivity contribution in [3.05, 3.63) is 59.0 Å². The van der Waals surface area contributed by atoms with Crippen molar-refractivity contribution in [3.8, 4) is 11.6 Å². The molecule has 2 heterocycles. The summed E-state index contributed by atoms with van der Waals surface area (Å²) in [4.78, 5) is 12.6. The second kappa shape index (κ2) is 6.97. The molecule has 2 aromatic heterocycles. The Morgan fingerprint density at radius 1 is 1.17 bits per heavy atom. The summed E-state index contributed by atoms with van der Waals surface area (Å²) >= 11 is 1.52. The molecule has 1 aromatic carbocycles. The third kappa shape index (κ3) is 4.33. The van der Waals surface area contributed by atoms with Gasteiger partial charge in [0.15, 0.2) is 0 Å². The van der Waals surface area contributed by atoms with E-state index in [4.69, 9.17) is 4.74 Å². The molecular formula is C16H15N5OS. The second-order valence-corrected chi connectivity index (χ2v) is 5.70. The van der Waals surface area contributed by atoms with E-state index in [1.54, 1.807) is 18.6 Å². The van der Waals surface area contributed by atoms with Gasteiger partial charge in [0, 0.05) is 11.6 Å². The van der Waals surface area contributed by atoms with Crippen LogP contribution in [0.5, 0.6) is 11.6 Å². The van der Waals surface area contributed by atoms with Gasteiger partial charge in [-0.2, -0.15) is 5.10 Å². The molecule has 7 heteroatoms. The number of hydrogen-bond donors (Lipinski definition) is 1. The number of benzene rings is 1. The van der Waals surface area contributed by atoms with Crippen LogP contribution in [-0.4, -0.2) is 21.2 Å².